The first kappa shape index (κ1) is 21.9. The highest BCUT2D eigenvalue weighted by Gasteiger charge is 2.73. The van der Waals surface area contributed by atoms with Crippen LogP contribution in [0.3, 0.4) is 0 Å². The van der Waals surface area contributed by atoms with Gasteiger partial charge in [-0.25, -0.2) is 0 Å². The van der Waals surface area contributed by atoms with Gasteiger partial charge in [0.2, 0.25) is 17.4 Å². The van der Waals surface area contributed by atoms with Gasteiger partial charge >= 0.3 is 6.18 Å². The zero-order valence-corrected chi connectivity index (χ0v) is 16.9. The lowest BCUT2D eigenvalue weighted by Gasteiger charge is -2.69. The molecule has 0 radical (unpaired) electrons. The van der Waals surface area contributed by atoms with Gasteiger partial charge in [0.1, 0.15) is 6.04 Å². The Hall–Kier alpha value is -1.84. The van der Waals surface area contributed by atoms with E-state index < -0.39 is 34.7 Å². The monoisotopic (exact) mass is 419 g/mol. The average Bonchev–Trinajstić information content (AvgIpc) is 3.06. The highest BCUT2D eigenvalue weighted by atomic mass is 19.4. The number of amides is 3. The Morgan fingerprint density at radius 2 is 1.59 bits per heavy atom. The predicted molar refractivity (Wildman–Crippen MR) is 96.4 cm³/mol. The van der Waals surface area contributed by atoms with Crippen molar-refractivity contribution in [2.45, 2.75) is 76.2 Å². The lowest BCUT2D eigenvalue weighted by Crippen LogP contribution is -2.80. The molecule has 3 aliphatic carbocycles. The van der Waals surface area contributed by atoms with E-state index in [1.807, 2.05) is 13.8 Å². The van der Waals surface area contributed by atoms with E-state index in [4.69, 9.17) is 0 Å². The highest BCUT2D eigenvalue weighted by Crippen LogP contribution is 2.67. The molecule has 0 aromatic carbocycles. The number of carbonyl (C=O) groups is 3. The summed E-state index contributed by atoms with van der Waals surface area (Å²) in [4.78, 5) is 39.1. The topological polar surface area (TPSA) is 98.7 Å². The van der Waals surface area contributed by atoms with E-state index in [2.05, 4.69) is 10.6 Å². The quantitative estimate of drug-likeness (QED) is 0.601. The van der Waals surface area contributed by atoms with Crippen molar-refractivity contribution in [2.75, 3.05) is 13.1 Å². The van der Waals surface area contributed by atoms with Gasteiger partial charge < -0.3 is 20.6 Å². The van der Waals surface area contributed by atoms with E-state index in [0.29, 0.717) is 20.0 Å². The van der Waals surface area contributed by atoms with Crippen molar-refractivity contribution in [3.8, 4) is 0 Å². The third-order valence-corrected chi connectivity index (χ3v) is 6.52. The summed E-state index contributed by atoms with van der Waals surface area (Å²) in [5.74, 6) is -2.03. The molecule has 0 aromatic heterocycles. The van der Waals surface area contributed by atoms with Crippen molar-refractivity contribution in [1.29, 1.82) is 0 Å². The van der Waals surface area contributed by atoms with Crippen molar-refractivity contribution >= 4 is 17.7 Å². The molecule has 10 heteroatoms. The molecular weight excluding hydrogens is 391 g/mol. The minimum atomic E-state index is -5.09. The van der Waals surface area contributed by atoms with Crippen LogP contribution in [0.1, 0.15) is 52.9 Å². The summed E-state index contributed by atoms with van der Waals surface area (Å²) in [6, 6.07) is -0.647. The molecule has 2 atom stereocenters. The molecule has 3 N–H and O–H groups in total. The molecule has 0 aromatic rings. The molecule has 1 heterocycles. The molecule has 4 fully saturated rings. The minimum absolute atomic E-state index is 0.102. The molecule has 0 spiro atoms. The summed E-state index contributed by atoms with van der Waals surface area (Å²) in [6.45, 7) is 5.46. The Morgan fingerprint density at radius 3 is 2.03 bits per heavy atom. The molecule has 3 amide bonds. The number of rotatable bonds is 6. The summed E-state index contributed by atoms with van der Waals surface area (Å²) in [7, 11) is 0. The van der Waals surface area contributed by atoms with Crippen molar-refractivity contribution in [3.05, 3.63) is 0 Å². The van der Waals surface area contributed by atoms with Crippen LogP contribution in [0.15, 0.2) is 0 Å². The molecule has 1 unspecified atom stereocenters. The number of halogens is 3. The van der Waals surface area contributed by atoms with Crippen LogP contribution in [0.5, 0.6) is 0 Å². The van der Waals surface area contributed by atoms with E-state index in [0.717, 1.165) is 12.8 Å². The predicted octanol–water partition coefficient (Wildman–Crippen LogP) is 1.10. The van der Waals surface area contributed by atoms with Crippen LogP contribution in [0, 0.1) is 11.3 Å². The van der Waals surface area contributed by atoms with E-state index in [1.54, 1.807) is 4.90 Å². The van der Waals surface area contributed by atoms with E-state index in [9.17, 15) is 32.7 Å². The molecule has 1 saturated heterocycles. The van der Waals surface area contributed by atoms with Crippen LogP contribution in [0.2, 0.25) is 0 Å². The molecule has 164 valence electrons. The van der Waals surface area contributed by atoms with E-state index in [-0.39, 0.29) is 37.0 Å². The van der Waals surface area contributed by atoms with Gasteiger partial charge in [0, 0.05) is 18.6 Å². The van der Waals surface area contributed by atoms with Crippen LogP contribution < -0.4 is 10.6 Å². The first-order chi connectivity index (χ1) is 13.2. The fourth-order valence-corrected chi connectivity index (χ4v) is 4.59. The zero-order valence-electron chi connectivity index (χ0n) is 16.9. The smallest absolute Gasteiger partial charge is 0.373 e. The van der Waals surface area contributed by atoms with Gasteiger partial charge in [-0.3, -0.25) is 14.4 Å². The maximum atomic E-state index is 12.8. The molecule has 1 aliphatic heterocycles. The fourth-order valence-electron chi connectivity index (χ4n) is 4.59. The first-order valence-electron chi connectivity index (χ1n) is 9.95. The normalized spacial score (nSPS) is 31.4. The van der Waals surface area contributed by atoms with Crippen molar-refractivity contribution in [3.63, 3.8) is 0 Å². The molecule has 4 aliphatic rings. The number of hydrogen-bond acceptors (Lipinski definition) is 4. The second-order valence-electron chi connectivity index (χ2n) is 9.34. The van der Waals surface area contributed by atoms with Gasteiger partial charge in [0.15, 0.2) is 0 Å². The number of carbonyl (C=O) groups excluding carboxylic acids is 3. The minimum Gasteiger partial charge on any atom is -0.373 e. The standard InChI is InChI=1S/C19H28F3N3O4/c1-11(2)12(13(26)25-6-4-5-7-25)23-15(28)17-8-18(9-17,10-17)24-14(27)16(3,29)19(20,21)22/h11-12,29H,4-10H2,1-3H3,(H,23,28)(H,24,27)/t12-,16?,17?,18?/m0/s1. The van der Waals surface area contributed by atoms with Gasteiger partial charge in [-0.1, -0.05) is 13.8 Å². The van der Waals surface area contributed by atoms with Crippen LogP contribution in [0.25, 0.3) is 0 Å². The summed E-state index contributed by atoms with van der Waals surface area (Å²) in [6.07, 6.45) is -2.59. The SMILES string of the molecule is CC(C)[C@H](NC(=O)C12CC(NC(=O)C(C)(O)C(F)(F)F)(C1)C2)C(=O)N1CCCC1. The largest absolute Gasteiger partial charge is 0.426 e. The second-order valence-corrected chi connectivity index (χ2v) is 9.34. The van der Waals surface area contributed by atoms with Crippen LogP contribution >= 0.6 is 0 Å². The van der Waals surface area contributed by atoms with E-state index >= 15 is 0 Å². The molecule has 29 heavy (non-hydrogen) atoms. The molecule has 3 saturated carbocycles. The second kappa shape index (κ2) is 6.85. The fraction of sp³-hybridized carbons (Fsp3) is 0.842. The number of likely N-dealkylation sites (tertiary alicyclic amines) is 1. The third kappa shape index (κ3) is 3.60. The lowest BCUT2D eigenvalue weighted by atomic mass is 9.39. The molecular formula is C19H28F3N3O4. The zero-order chi connectivity index (χ0) is 21.8. The van der Waals surface area contributed by atoms with Crippen LogP contribution in [0.4, 0.5) is 13.2 Å². The Balaban J connectivity index is 1.57. The summed E-state index contributed by atoms with van der Waals surface area (Å²) >= 11 is 0. The van der Waals surface area contributed by atoms with Crippen molar-refractivity contribution < 1.29 is 32.7 Å². The molecule has 4 rings (SSSR count). The average molecular weight is 419 g/mol. The molecule has 7 nitrogen and oxygen atoms in total. The number of alkyl halides is 3. The van der Waals surface area contributed by atoms with Gasteiger partial charge in [-0.05, 0) is 44.9 Å². The Morgan fingerprint density at radius 1 is 1.07 bits per heavy atom. The maximum absolute atomic E-state index is 12.8. The number of aliphatic hydroxyl groups is 1. The molecule has 2 bridgehead atoms. The number of nitrogens with zero attached hydrogens (tertiary/aromatic N) is 1. The van der Waals surface area contributed by atoms with E-state index in [1.165, 1.54) is 0 Å². The van der Waals surface area contributed by atoms with Gasteiger partial charge in [-0.2, -0.15) is 13.2 Å². The van der Waals surface area contributed by atoms with Crippen LogP contribution in [-0.2, 0) is 14.4 Å². The van der Waals surface area contributed by atoms with Crippen molar-refractivity contribution in [2.24, 2.45) is 11.3 Å². The van der Waals surface area contributed by atoms with Crippen molar-refractivity contribution in [1.82, 2.24) is 15.5 Å². The number of hydrogen-bond donors (Lipinski definition) is 3. The summed E-state index contributed by atoms with van der Waals surface area (Å²) in [5.41, 5.74) is -5.14. The maximum Gasteiger partial charge on any atom is 0.426 e. The van der Waals surface area contributed by atoms with Gasteiger partial charge in [-0.15, -0.1) is 0 Å². The first-order valence-corrected chi connectivity index (χ1v) is 9.95. The Labute approximate surface area is 167 Å². The summed E-state index contributed by atoms with van der Waals surface area (Å²) in [5, 5.41) is 14.6. The van der Waals surface area contributed by atoms with Gasteiger partial charge in [0.25, 0.3) is 5.91 Å². The summed E-state index contributed by atoms with van der Waals surface area (Å²) < 4.78 is 38.4. The third-order valence-electron chi connectivity index (χ3n) is 6.52. The van der Waals surface area contributed by atoms with Gasteiger partial charge in [0.05, 0.1) is 5.41 Å². The Bertz CT molecular complexity index is 694. The lowest BCUT2D eigenvalue weighted by molar-refractivity contribution is -0.249. The Kier molecular flexibility index (Phi) is 5.16. The van der Waals surface area contributed by atoms with Crippen LogP contribution in [-0.4, -0.2) is 64.2 Å². The number of nitrogens with one attached hydrogen (secondary N) is 2. The highest BCUT2D eigenvalue weighted by molar-refractivity contribution is 5.94.